The first kappa shape index (κ1) is 21.3. The molecule has 7 heteroatoms. The Hall–Kier alpha value is 0.250. The zero-order valence-electron chi connectivity index (χ0n) is 12.6. The Balaban J connectivity index is 0.00000264. The number of rotatable bonds is 5. The lowest BCUT2D eigenvalue weighted by molar-refractivity contribution is 1.07. The van der Waals surface area contributed by atoms with E-state index >= 15 is 0 Å². The highest BCUT2D eigenvalue weighted by Gasteiger charge is 2.07. The normalized spacial score (nSPS) is 10.2. The average Bonchev–Trinajstić information content (AvgIpc) is 2.38. The Morgan fingerprint density at radius 1 is 0.652 bits per heavy atom. The molecule has 0 aliphatic heterocycles. The minimum Gasteiger partial charge on any atom is -0.381 e. The molecule has 23 heavy (non-hydrogen) atoms. The van der Waals surface area contributed by atoms with Crippen LogP contribution in [0.5, 0.6) is 0 Å². The van der Waals surface area contributed by atoms with Crippen molar-refractivity contribution in [2.24, 2.45) is 0 Å². The van der Waals surface area contributed by atoms with Gasteiger partial charge in [-0.2, -0.15) is 0 Å². The molecule has 0 aliphatic rings. The van der Waals surface area contributed by atoms with E-state index in [2.05, 4.69) is 112 Å². The van der Waals surface area contributed by atoms with Gasteiger partial charge in [0.15, 0.2) is 0 Å². The van der Waals surface area contributed by atoms with Gasteiger partial charge in [-0.05, 0) is 113 Å². The first-order valence-electron chi connectivity index (χ1n) is 6.77. The van der Waals surface area contributed by atoms with Gasteiger partial charge in [-0.25, -0.2) is 0 Å². The topological polar surface area (TPSA) is 24.1 Å². The zero-order valence-corrected chi connectivity index (χ0v) is 19.8. The predicted octanol–water partition coefficient (Wildman–Crippen LogP) is 7.30. The van der Waals surface area contributed by atoms with Gasteiger partial charge in [0.1, 0.15) is 0 Å². The SMILES string of the molecule is Cc1cc(Br)c(NCCNc2c(Br)cc(C)cc2Br)c(Br)c1.Cl. The van der Waals surface area contributed by atoms with Crippen LogP contribution in [0.1, 0.15) is 11.1 Å². The maximum absolute atomic E-state index is 3.60. The molecule has 2 N–H and O–H groups in total. The Bertz CT molecular complexity index is 586. The first-order chi connectivity index (χ1) is 10.4. The van der Waals surface area contributed by atoms with Crippen LogP contribution in [0, 0.1) is 13.8 Å². The van der Waals surface area contributed by atoms with Gasteiger partial charge in [-0.1, -0.05) is 0 Å². The molecule has 0 spiro atoms. The van der Waals surface area contributed by atoms with E-state index in [0.717, 1.165) is 42.4 Å². The molecule has 0 saturated carbocycles. The van der Waals surface area contributed by atoms with E-state index in [0.29, 0.717) is 0 Å². The van der Waals surface area contributed by atoms with Crippen molar-refractivity contribution in [3.63, 3.8) is 0 Å². The predicted molar refractivity (Wildman–Crippen MR) is 117 cm³/mol. The second-order valence-corrected chi connectivity index (χ2v) is 8.48. The number of nitrogens with one attached hydrogen (secondary N) is 2. The smallest absolute Gasteiger partial charge is 0.0629 e. The van der Waals surface area contributed by atoms with Crippen LogP contribution >= 0.6 is 76.1 Å². The second kappa shape index (κ2) is 9.66. The number of hydrogen-bond acceptors (Lipinski definition) is 2. The summed E-state index contributed by atoms with van der Waals surface area (Å²) in [5.41, 5.74) is 4.59. The second-order valence-electron chi connectivity index (χ2n) is 5.06. The van der Waals surface area contributed by atoms with Crippen LogP contribution in [0.4, 0.5) is 11.4 Å². The Morgan fingerprint density at radius 3 is 1.17 bits per heavy atom. The fourth-order valence-corrected chi connectivity index (χ4v) is 5.50. The van der Waals surface area contributed by atoms with Crippen molar-refractivity contribution in [3.05, 3.63) is 53.3 Å². The number of hydrogen-bond donors (Lipinski definition) is 2. The molecule has 0 aliphatic carbocycles. The van der Waals surface area contributed by atoms with Crippen LogP contribution < -0.4 is 10.6 Å². The van der Waals surface area contributed by atoms with Gasteiger partial charge in [-0.3, -0.25) is 0 Å². The van der Waals surface area contributed by atoms with Crippen LogP contribution in [-0.4, -0.2) is 13.1 Å². The maximum atomic E-state index is 3.60. The molecule has 2 aromatic carbocycles. The van der Waals surface area contributed by atoms with Gasteiger partial charge in [0, 0.05) is 31.0 Å². The van der Waals surface area contributed by atoms with Crippen LogP contribution in [0.3, 0.4) is 0 Å². The van der Waals surface area contributed by atoms with E-state index in [1.165, 1.54) is 11.1 Å². The minimum atomic E-state index is 0. The van der Waals surface area contributed by atoms with Gasteiger partial charge in [0.05, 0.1) is 11.4 Å². The molecule has 0 aromatic heterocycles. The highest BCUT2D eigenvalue weighted by Crippen LogP contribution is 2.33. The Kier molecular flexibility index (Phi) is 8.94. The molecule has 0 saturated heterocycles. The molecular weight excluding hydrogens is 575 g/mol. The van der Waals surface area contributed by atoms with Gasteiger partial charge in [-0.15, -0.1) is 12.4 Å². The third-order valence-electron chi connectivity index (χ3n) is 3.10. The minimum absolute atomic E-state index is 0. The fourth-order valence-electron chi connectivity index (χ4n) is 2.11. The van der Waals surface area contributed by atoms with Crippen LogP contribution in [0.15, 0.2) is 42.2 Å². The molecule has 2 aromatic rings. The largest absolute Gasteiger partial charge is 0.381 e. The highest BCUT2D eigenvalue weighted by atomic mass is 79.9. The van der Waals surface area contributed by atoms with Crippen molar-refractivity contribution >= 4 is 87.5 Å². The number of halogens is 5. The molecule has 0 bridgehead atoms. The van der Waals surface area contributed by atoms with Crippen molar-refractivity contribution in [1.82, 2.24) is 0 Å². The fraction of sp³-hybridized carbons (Fsp3) is 0.250. The first-order valence-corrected chi connectivity index (χ1v) is 9.94. The molecule has 0 unspecified atom stereocenters. The summed E-state index contributed by atoms with van der Waals surface area (Å²) in [5, 5.41) is 6.88. The van der Waals surface area contributed by atoms with Crippen molar-refractivity contribution in [2.45, 2.75) is 13.8 Å². The summed E-state index contributed by atoms with van der Waals surface area (Å²) in [6.07, 6.45) is 0. The third-order valence-corrected chi connectivity index (χ3v) is 5.60. The number of benzene rings is 2. The summed E-state index contributed by atoms with van der Waals surface area (Å²) in [5.74, 6) is 0. The average molecular weight is 592 g/mol. The lowest BCUT2D eigenvalue weighted by Crippen LogP contribution is -2.14. The Morgan fingerprint density at radius 2 is 0.913 bits per heavy atom. The molecule has 2 rings (SSSR count). The summed E-state index contributed by atoms with van der Waals surface area (Å²) >= 11 is 14.4. The van der Waals surface area contributed by atoms with E-state index in [4.69, 9.17) is 0 Å². The van der Waals surface area contributed by atoms with E-state index in [9.17, 15) is 0 Å². The van der Waals surface area contributed by atoms with Gasteiger partial charge < -0.3 is 10.6 Å². The zero-order chi connectivity index (χ0) is 16.3. The molecule has 0 heterocycles. The summed E-state index contributed by atoms with van der Waals surface area (Å²) in [7, 11) is 0. The lowest BCUT2D eigenvalue weighted by Gasteiger charge is -2.15. The van der Waals surface area contributed by atoms with Crippen LogP contribution in [-0.2, 0) is 0 Å². The summed E-state index contributed by atoms with van der Waals surface area (Å²) in [6.45, 7) is 5.78. The lowest BCUT2D eigenvalue weighted by atomic mass is 10.2. The van der Waals surface area contributed by atoms with E-state index in [-0.39, 0.29) is 12.4 Å². The van der Waals surface area contributed by atoms with Crippen molar-refractivity contribution in [1.29, 1.82) is 0 Å². The molecule has 126 valence electrons. The summed E-state index contributed by atoms with van der Waals surface area (Å²) in [6, 6.07) is 8.42. The number of aryl methyl sites for hydroxylation is 2. The van der Waals surface area contributed by atoms with Gasteiger partial charge >= 0.3 is 0 Å². The molecule has 2 nitrogen and oxygen atoms in total. The quantitative estimate of drug-likeness (QED) is 0.357. The van der Waals surface area contributed by atoms with Crippen molar-refractivity contribution in [2.75, 3.05) is 23.7 Å². The van der Waals surface area contributed by atoms with Gasteiger partial charge in [0.25, 0.3) is 0 Å². The van der Waals surface area contributed by atoms with E-state index in [1.807, 2.05) is 0 Å². The van der Waals surface area contributed by atoms with Crippen LogP contribution in [0.25, 0.3) is 0 Å². The Labute approximate surface area is 177 Å². The molecule has 0 amide bonds. The molecule has 0 fully saturated rings. The highest BCUT2D eigenvalue weighted by molar-refractivity contribution is 9.11. The summed E-state index contributed by atoms with van der Waals surface area (Å²) in [4.78, 5) is 0. The van der Waals surface area contributed by atoms with Crippen LogP contribution in [0.2, 0.25) is 0 Å². The van der Waals surface area contributed by atoms with E-state index < -0.39 is 0 Å². The number of anilines is 2. The van der Waals surface area contributed by atoms with Crippen molar-refractivity contribution in [3.8, 4) is 0 Å². The van der Waals surface area contributed by atoms with E-state index in [1.54, 1.807) is 0 Å². The van der Waals surface area contributed by atoms with Crippen molar-refractivity contribution < 1.29 is 0 Å². The molecule has 0 radical (unpaired) electrons. The van der Waals surface area contributed by atoms with Gasteiger partial charge in [0.2, 0.25) is 0 Å². The summed E-state index contributed by atoms with van der Waals surface area (Å²) < 4.78 is 4.27. The maximum Gasteiger partial charge on any atom is 0.0629 e. The standard InChI is InChI=1S/C16H16Br4N2.ClH/c1-9-5-11(17)15(12(18)6-9)21-3-4-22-16-13(19)7-10(2)8-14(16)20;/h5-8,21-22H,3-4H2,1-2H3;1H. The molecular formula is C16H17Br4ClN2. The molecule has 0 atom stereocenters. The monoisotopic (exact) mass is 588 g/mol. The third kappa shape index (κ3) is 5.92.